The maximum Gasteiger partial charge on any atom is 0.387 e. The lowest BCUT2D eigenvalue weighted by atomic mass is 10.1. The van der Waals surface area contributed by atoms with Gasteiger partial charge in [-0.2, -0.15) is 8.78 Å². The first-order valence-corrected chi connectivity index (χ1v) is 9.54. The maximum atomic E-state index is 12.8. The molecule has 7 nitrogen and oxygen atoms in total. The fraction of sp³-hybridized carbons (Fsp3) is 0.381. The number of hydrogen-bond donors (Lipinski definition) is 2. The third-order valence-corrected chi connectivity index (χ3v) is 4.51. The highest BCUT2D eigenvalue weighted by atomic mass is 19.3. The van der Waals surface area contributed by atoms with E-state index in [0.717, 1.165) is 18.6 Å². The molecule has 2 N–H and O–H groups in total. The van der Waals surface area contributed by atoms with Gasteiger partial charge in [0.25, 0.3) is 0 Å². The Kier molecular flexibility index (Phi) is 7.53. The molecule has 1 heterocycles. The van der Waals surface area contributed by atoms with E-state index in [1.165, 1.54) is 11.6 Å². The second-order valence-electron chi connectivity index (χ2n) is 6.50. The zero-order valence-corrected chi connectivity index (χ0v) is 16.9. The summed E-state index contributed by atoms with van der Waals surface area (Å²) in [6.45, 7) is -1.96. The fourth-order valence-electron chi connectivity index (χ4n) is 3.04. The SMILES string of the molecule is CN=C(NCCCc1cccc(OC)c1)NCc1cc2c(cc1OC(F)F)OCO2. The molecule has 162 valence electrons. The van der Waals surface area contributed by atoms with Gasteiger partial charge in [0, 0.05) is 31.8 Å². The highest BCUT2D eigenvalue weighted by Crippen LogP contribution is 2.38. The van der Waals surface area contributed by atoms with Gasteiger partial charge in [-0.25, -0.2) is 0 Å². The standard InChI is InChI=1S/C21H25F2N3O4/c1-24-21(25-8-4-6-14-5-3-7-16(9-14)27-2)26-12-15-10-18-19(29-13-28-18)11-17(15)30-20(22)23/h3,5,7,9-11,20H,4,6,8,12-13H2,1-2H3,(H2,24,25,26). The van der Waals surface area contributed by atoms with Crippen molar-refractivity contribution >= 4 is 5.96 Å². The molecule has 0 fully saturated rings. The highest BCUT2D eigenvalue weighted by molar-refractivity contribution is 5.79. The molecule has 3 rings (SSSR count). The van der Waals surface area contributed by atoms with Gasteiger partial charge in [0.1, 0.15) is 11.5 Å². The first kappa shape index (κ1) is 21.5. The van der Waals surface area contributed by atoms with Crippen molar-refractivity contribution in [1.29, 1.82) is 0 Å². The third-order valence-electron chi connectivity index (χ3n) is 4.51. The summed E-state index contributed by atoms with van der Waals surface area (Å²) in [7, 11) is 3.29. The van der Waals surface area contributed by atoms with E-state index in [1.807, 2.05) is 18.2 Å². The van der Waals surface area contributed by atoms with Gasteiger partial charge in [0.2, 0.25) is 6.79 Å². The van der Waals surface area contributed by atoms with Crippen LogP contribution >= 0.6 is 0 Å². The quantitative estimate of drug-likeness (QED) is 0.368. The molecular weight excluding hydrogens is 396 g/mol. The van der Waals surface area contributed by atoms with Crippen molar-refractivity contribution < 1.29 is 27.7 Å². The van der Waals surface area contributed by atoms with E-state index in [1.54, 1.807) is 20.2 Å². The average molecular weight is 421 g/mol. The number of aliphatic imine (C=N–C) groups is 1. The zero-order chi connectivity index (χ0) is 21.3. The smallest absolute Gasteiger partial charge is 0.387 e. The van der Waals surface area contributed by atoms with Gasteiger partial charge in [0.05, 0.1) is 7.11 Å². The molecular formula is C21H25F2N3O4. The topological polar surface area (TPSA) is 73.3 Å². The van der Waals surface area contributed by atoms with Crippen LogP contribution in [-0.2, 0) is 13.0 Å². The second-order valence-corrected chi connectivity index (χ2v) is 6.50. The Morgan fingerprint density at radius 3 is 2.70 bits per heavy atom. The maximum absolute atomic E-state index is 12.8. The van der Waals surface area contributed by atoms with E-state index in [4.69, 9.17) is 14.2 Å². The average Bonchev–Trinajstić information content (AvgIpc) is 3.20. The van der Waals surface area contributed by atoms with Crippen LogP contribution in [0.5, 0.6) is 23.0 Å². The number of nitrogens with zero attached hydrogens (tertiary/aromatic N) is 1. The first-order valence-electron chi connectivity index (χ1n) is 9.54. The van der Waals surface area contributed by atoms with Crippen molar-refractivity contribution in [2.24, 2.45) is 4.99 Å². The minimum Gasteiger partial charge on any atom is -0.497 e. The molecule has 1 aliphatic rings. The summed E-state index contributed by atoms with van der Waals surface area (Å²) < 4.78 is 45.9. The molecule has 0 unspecified atom stereocenters. The van der Waals surface area contributed by atoms with E-state index >= 15 is 0 Å². The summed E-state index contributed by atoms with van der Waals surface area (Å²) in [5, 5.41) is 6.32. The molecule has 0 bridgehead atoms. The van der Waals surface area contributed by atoms with Crippen LogP contribution in [0.25, 0.3) is 0 Å². The Labute approximate surface area is 174 Å². The van der Waals surface area contributed by atoms with Crippen LogP contribution in [0.1, 0.15) is 17.5 Å². The van der Waals surface area contributed by atoms with Crippen LogP contribution in [0.4, 0.5) is 8.78 Å². The van der Waals surface area contributed by atoms with Gasteiger partial charge in [-0.3, -0.25) is 4.99 Å². The van der Waals surface area contributed by atoms with E-state index in [9.17, 15) is 8.78 Å². The molecule has 0 aromatic heterocycles. The molecule has 0 amide bonds. The van der Waals surface area contributed by atoms with Crippen LogP contribution in [-0.4, -0.2) is 40.1 Å². The van der Waals surface area contributed by atoms with Crippen LogP contribution in [0.3, 0.4) is 0 Å². The molecule has 0 radical (unpaired) electrons. The highest BCUT2D eigenvalue weighted by Gasteiger charge is 2.20. The lowest BCUT2D eigenvalue weighted by molar-refractivity contribution is -0.0505. The molecule has 0 aliphatic carbocycles. The van der Waals surface area contributed by atoms with E-state index in [2.05, 4.69) is 26.4 Å². The van der Waals surface area contributed by atoms with Crippen molar-refractivity contribution in [1.82, 2.24) is 10.6 Å². The minimum atomic E-state index is -2.93. The third kappa shape index (κ3) is 5.88. The number of guanidine groups is 1. The van der Waals surface area contributed by atoms with Crippen molar-refractivity contribution in [3.8, 4) is 23.0 Å². The van der Waals surface area contributed by atoms with Gasteiger partial charge >= 0.3 is 6.61 Å². The minimum absolute atomic E-state index is 0.0372. The van der Waals surface area contributed by atoms with Gasteiger partial charge in [0.15, 0.2) is 17.5 Å². The Morgan fingerprint density at radius 1 is 1.17 bits per heavy atom. The van der Waals surface area contributed by atoms with E-state index in [0.29, 0.717) is 29.6 Å². The summed E-state index contributed by atoms with van der Waals surface area (Å²) in [5.41, 5.74) is 1.70. The van der Waals surface area contributed by atoms with Gasteiger partial charge < -0.3 is 29.6 Å². The number of methoxy groups -OCH3 is 1. The molecule has 0 saturated carbocycles. The Hall–Kier alpha value is -3.23. The lowest BCUT2D eigenvalue weighted by Crippen LogP contribution is -2.37. The van der Waals surface area contributed by atoms with Crippen LogP contribution < -0.4 is 29.6 Å². The Balaban J connectivity index is 1.51. The molecule has 0 saturated heterocycles. The monoisotopic (exact) mass is 421 g/mol. The van der Waals surface area contributed by atoms with Gasteiger partial charge in [-0.05, 0) is 36.6 Å². The molecule has 1 aliphatic heterocycles. The van der Waals surface area contributed by atoms with E-state index in [-0.39, 0.29) is 19.1 Å². The second kappa shape index (κ2) is 10.5. The fourth-order valence-corrected chi connectivity index (χ4v) is 3.04. The lowest BCUT2D eigenvalue weighted by Gasteiger charge is -2.15. The van der Waals surface area contributed by atoms with Crippen molar-refractivity contribution in [3.63, 3.8) is 0 Å². The summed E-state index contributed by atoms with van der Waals surface area (Å²) in [6, 6.07) is 11.0. The molecule has 0 atom stereocenters. The number of hydrogen-bond acceptors (Lipinski definition) is 5. The van der Waals surface area contributed by atoms with Gasteiger partial charge in [-0.1, -0.05) is 12.1 Å². The number of benzene rings is 2. The predicted molar refractivity (Wildman–Crippen MR) is 109 cm³/mol. The zero-order valence-electron chi connectivity index (χ0n) is 16.9. The number of nitrogens with one attached hydrogen (secondary N) is 2. The van der Waals surface area contributed by atoms with Crippen molar-refractivity contribution in [2.45, 2.75) is 26.0 Å². The molecule has 2 aromatic carbocycles. The Bertz CT molecular complexity index is 877. The van der Waals surface area contributed by atoms with Gasteiger partial charge in [-0.15, -0.1) is 0 Å². The van der Waals surface area contributed by atoms with Crippen LogP contribution in [0, 0.1) is 0 Å². The number of fused-ring (bicyclic) bond motifs is 1. The predicted octanol–water partition coefficient (Wildman–Crippen LogP) is 3.32. The van der Waals surface area contributed by atoms with Crippen molar-refractivity contribution in [2.75, 3.05) is 27.5 Å². The number of rotatable bonds is 9. The number of halogens is 2. The molecule has 9 heteroatoms. The first-order chi connectivity index (χ1) is 14.6. The summed E-state index contributed by atoms with van der Waals surface area (Å²) in [5.74, 6) is 2.31. The molecule has 30 heavy (non-hydrogen) atoms. The summed E-state index contributed by atoms with van der Waals surface area (Å²) in [4.78, 5) is 4.17. The van der Waals surface area contributed by atoms with E-state index < -0.39 is 6.61 Å². The largest absolute Gasteiger partial charge is 0.497 e. The van der Waals surface area contributed by atoms with Crippen LogP contribution in [0.2, 0.25) is 0 Å². The summed E-state index contributed by atoms with van der Waals surface area (Å²) in [6.07, 6.45) is 1.77. The number of alkyl halides is 2. The summed E-state index contributed by atoms with van der Waals surface area (Å²) >= 11 is 0. The van der Waals surface area contributed by atoms with Crippen molar-refractivity contribution in [3.05, 3.63) is 47.5 Å². The Morgan fingerprint density at radius 2 is 1.97 bits per heavy atom. The number of aryl methyl sites for hydroxylation is 1. The molecule has 2 aromatic rings. The van der Waals surface area contributed by atoms with Crippen LogP contribution in [0.15, 0.2) is 41.4 Å². The molecule has 0 spiro atoms. The normalized spacial score (nSPS) is 12.8. The number of ether oxygens (including phenoxy) is 4.